The smallest absolute Gasteiger partial charge is 0.254 e. The number of nitrogens with zero attached hydrogens (tertiary/aromatic N) is 4. The van der Waals surface area contributed by atoms with Crippen LogP contribution in [0.1, 0.15) is 34.8 Å². The van der Waals surface area contributed by atoms with Crippen LogP contribution in [0.3, 0.4) is 0 Å². The molecule has 0 N–H and O–H groups in total. The zero-order valence-electron chi connectivity index (χ0n) is 15.8. The normalized spacial score (nSPS) is 28.2. The van der Waals surface area contributed by atoms with Crippen molar-refractivity contribution < 1.29 is 14.3 Å². The topological polar surface area (TPSA) is 67.2 Å². The van der Waals surface area contributed by atoms with Gasteiger partial charge in [0, 0.05) is 30.9 Å². The summed E-state index contributed by atoms with van der Waals surface area (Å²) >= 11 is 0. The summed E-state index contributed by atoms with van der Waals surface area (Å²) in [6.07, 6.45) is 4.45. The first-order valence-corrected chi connectivity index (χ1v) is 9.93. The van der Waals surface area contributed by atoms with Crippen LogP contribution in [0.5, 0.6) is 0 Å². The first-order chi connectivity index (χ1) is 14.2. The molecule has 1 spiro atoms. The Hall–Kier alpha value is -3.19. The minimum Gasteiger partial charge on any atom is -0.351 e. The number of ether oxygens (including phenoxy) is 1. The van der Waals surface area contributed by atoms with E-state index in [2.05, 4.69) is 5.10 Å². The highest BCUT2D eigenvalue weighted by Gasteiger charge is 2.65. The number of carbonyl (C=O) groups is 2. The predicted molar refractivity (Wildman–Crippen MR) is 104 cm³/mol. The van der Waals surface area contributed by atoms with Crippen molar-refractivity contribution in [2.75, 3.05) is 13.2 Å². The Labute approximate surface area is 167 Å². The number of likely N-dealkylation sites (tertiary alicyclic amines) is 1. The highest BCUT2D eigenvalue weighted by Crippen LogP contribution is 2.51. The summed E-state index contributed by atoms with van der Waals surface area (Å²) in [5.41, 5.74) is 1.86. The number of pyridine rings is 1. The average molecular weight is 388 g/mol. The van der Waals surface area contributed by atoms with Crippen LogP contribution >= 0.6 is 0 Å². The van der Waals surface area contributed by atoms with Crippen LogP contribution in [-0.4, -0.2) is 56.1 Å². The third kappa shape index (κ3) is 2.25. The average Bonchev–Trinajstić information content (AvgIpc) is 3.49. The molecule has 1 aromatic carbocycles. The second-order valence-electron chi connectivity index (χ2n) is 7.93. The monoisotopic (exact) mass is 388 g/mol. The lowest BCUT2D eigenvalue weighted by atomic mass is 10.0. The van der Waals surface area contributed by atoms with E-state index in [0.717, 1.165) is 11.1 Å². The molecule has 0 unspecified atom stereocenters. The van der Waals surface area contributed by atoms with Crippen molar-refractivity contribution in [2.45, 2.75) is 30.7 Å². The molecule has 3 aliphatic heterocycles. The fourth-order valence-electron chi connectivity index (χ4n) is 5.23. The molecular formula is C22H20N4O3. The van der Waals surface area contributed by atoms with Crippen LogP contribution in [-0.2, 0) is 9.53 Å². The van der Waals surface area contributed by atoms with Gasteiger partial charge in [-0.2, -0.15) is 5.10 Å². The highest BCUT2D eigenvalue weighted by atomic mass is 16.5. The van der Waals surface area contributed by atoms with E-state index < -0.39 is 5.72 Å². The first-order valence-electron chi connectivity index (χ1n) is 9.93. The number of hydrogen-bond acceptors (Lipinski definition) is 4. The summed E-state index contributed by atoms with van der Waals surface area (Å²) in [4.78, 5) is 30.0. The molecule has 0 saturated carbocycles. The molecular weight excluding hydrogens is 368 g/mol. The van der Waals surface area contributed by atoms with Gasteiger partial charge in [0.1, 0.15) is 0 Å². The fourth-order valence-corrected chi connectivity index (χ4v) is 5.23. The van der Waals surface area contributed by atoms with E-state index in [4.69, 9.17) is 4.74 Å². The lowest BCUT2D eigenvalue weighted by molar-refractivity contribution is -0.138. The Balaban J connectivity index is 1.33. The van der Waals surface area contributed by atoms with Crippen LogP contribution in [0.2, 0.25) is 0 Å². The highest BCUT2D eigenvalue weighted by molar-refractivity contribution is 5.96. The molecule has 0 bridgehead atoms. The van der Waals surface area contributed by atoms with Gasteiger partial charge in [-0.3, -0.25) is 9.59 Å². The lowest BCUT2D eigenvalue weighted by Crippen LogP contribution is -2.49. The Morgan fingerprint density at radius 2 is 2.03 bits per heavy atom. The number of carbonyl (C=O) groups excluding carboxylic acids is 2. The minimum atomic E-state index is -0.700. The van der Waals surface area contributed by atoms with E-state index in [0.29, 0.717) is 31.6 Å². The Morgan fingerprint density at radius 3 is 2.90 bits per heavy atom. The Morgan fingerprint density at radius 1 is 1.17 bits per heavy atom. The summed E-state index contributed by atoms with van der Waals surface area (Å²) in [6, 6.07) is 15.2. The van der Waals surface area contributed by atoms with Crippen LogP contribution in [0.4, 0.5) is 0 Å². The molecule has 2 amide bonds. The summed E-state index contributed by atoms with van der Waals surface area (Å²) < 4.78 is 8.03. The van der Waals surface area contributed by atoms with Gasteiger partial charge in [-0.25, -0.2) is 4.52 Å². The molecule has 3 fully saturated rings. The summed E-state index contributed by atoms with van der Waals surface area (Å²) in [6.45, 7) is 1.05. The fraction of sp³-hybridized carbons (Fsp3) is 0.318. The van der Waals surface area contributed by atoms with Crippen molar-refractivity contribution in [2.24, 2.45) is 0 Å². The van der Waals surface area contributed by atoms with Crippen LogP contribution < -0.4 is 0 Å². The molecule has 3 aromatic rings. The van der Waals surface area contributed by atoms with Gasteiger partial charge in [0.15, 0.2) is 5.72 Å². The van der Waals surface area contributed by atoms with Gasteiger partial charge in [-0.1, -0.05) is 30.3 Å². The maximum atomic E-state index is 13.3. The third-order valence-electron chi connectivity index (χ3n) is 6.55. The van der Waals surface area contributed by atoms with Gasteiger partial charge >= 0.3 is 0 Å². The summed E-state index contributed by atoms with van der Waals surface area (Å²) in [5.74, 6) is 0.00193. The number of aromatic nitrogens is 2. The molecule has 29 heavy (non-hydrogen) atoms. The van der Waals surface area contributed by atoms with E-state index in [-0.39, 0.29) is 23.9 Å². The van der Waals surface area contributed by atoms with Crippen molar-refractivity contribution in [1.82, 2.24) is 19.4 Å². The molecule has 0 aliphatic carbocycles. The molecule has 7 nitrogen and oxygen atoms in total. The molecule has 3 atom stereocenters. The minimum absolute atomic E-state index is 0.0583. The van der Waals surface area contributed by atoms with E-state index in [9.17, 15) is 9.59 Å². The molecule has 5 heterocycles. The maximum Gasteiger partial charge on any atom is 0.254 e. The first kappa shape index (κ1) is 16.7. The van der Waals surface area contributed by atoms with Crippen LogP contribution in [0.15, 0.2) is 60.9 Å². The molecule has 146 valence electrons. The van der Waals surface area contributed by atoms with Crippen LogP contribution in [0.25, 0.3) is 5.52 Å². The Kier molecular flexibility index (Phi) is 3.41. The van der Waals surface area contributed by atoms with Gasteiger partial charge in [0.2, 0.25) is 5.91 Å². The van der Waals surface area contributed by atoms with E-state index >= 15 is 0 Å². The van der Waals surface area contributed by atoms with E-state index in [1.165, 1.54) is 0 Å². The van der Waals surface area contributed by atoms with Crippen molar-refractivity contribution >= 4 is 17.3 Å². The molecule has 7 heteroatoms. The number of amides is 2. The zero-order chi connectivity index (χ0) is 19.6. The Bertz CT molecular complexity index is 1130. The second kappa shape index (κ2) is 5.90. The molecule has 0 radical (unpaired) electrons. The second-order valence-corrected chi connectivity index (χ2v) is 7.93. The van der Waals surface area contributed by atoms with Crippen molar-refractivity contribution in [3.63, 3.8) is 0 Å². The van der Waals surface area contributed by atoms with Gasteiger partial charge < -0.3 is 14.5 Å². The quantitative estimate of drug-likeness (QED) is 0.675. The standard InChI is InChI=1S/C22H20N4O3/c27-20-13-19-22(26(20)18(14-29-22)15-4-2-1-3-5-15)8-11-24(19)21(28)16-7-10-25-17(12-16)6-9-23-25/h1-7,9-10,12,18-19H,8,11,13-14H2/t18-,19+,22-/m0/s1. The largest absolute Gasteiger partial charge is 0.351 e. The summed E-state index contributed by atoms with van der Waals surface area (Å²) in [5, 5.41) is 4.18. The van der Waals surface area contributed by atoms with Gasteiger partial charge in [-0.05, 0) is 23.8 Å². The summed E-state index contributed by atoms with van der Waals surface area (Å²) in [7, 11) is 0. The number of hydrogen-bond donors (Lipinski definition) is 0. The molecule has 3 aliphatic rings. The van der Waals surface area contributed by atoms with Crippen molar-refractivity contribution in [3.05, 3.63) is 72.1 Å². The molecule has 3 saturated heterocycles. The predicted octanol–water partition coefficient (Wildman–Crippen LogP) is 2.25. The zero-order valence-corrected chi connectivity index (χ0v) is 15.8. The van der Waals surface area contributed by atoms with Crippen molar-refractivity contribution in [1.29, 1.82) is 0 Å². The number of rotatable bonds is 2. The number of fused-ring (bicyclic) bond motifs is 1. The molecule has 6 rings (SSSR count). The number of benzene rings is 1. The third-order valence-corrected chi connectivity index (χ3v) is 6.55. The van der Waals surface area contributed by atoms with Gasteiger partial charge in [0.05, 0.1) is 30.6 Å². The van der Waals surface area contributed by atoms with Gasteiger partial charge in [0.25, 0.3) is 5.91 Å². The van der Waals surface area contributed by atoms with Gasteiger partial charge in [-0.15, -0.1) is 0 Å². The lowest BCUT2D eigenvalue weighted by Gasteiger charge is -2.33. The van der Waals surface area contributed by atoms with Crippen LogP contribution in [0, 0.1) is 0 Å². The van der Waals surface area contributed by atoms with E-state index in [1.54, 1.807) is 23.0 Å². The molecule has 2 aromatic heterocycles. The maximum absolute atomic E-state index is 13.3. The van der Waals surface area contributed by atoms with E-state index in [1.807, 2.05) is 52.3 Å². The van der Waals surface area contributed by atoms with Crippen molar-refractivity contribution in [3.8, 4) is 0 Å². The SMILES string of the molecule is O=C(c1ccn2nccc2c1)N1CC[C@@]23OC[C@@H](c4ccccc4)N2C(=O)C[C@@H]13.